The van der Waals surface area contributed by atoms with Crippen LogP contribution in [0.1, 0.15) is 101 Å². The average molecular weight is 324 g/mol. The molecular weight excluding hydrogens is 278 g/mol. The minimum absolute atomic E-state index is 0.391. The number of hydrogen-bond acceptors (Lipinski definition) is 1. The molecule has 0 aromatic heterocycles. The minimum Gasteiger partial charge on any atom is -0.296 e. The lowest BCUT2D eigenvalue weighted by Crippen LogP contribution is -2.42. The fraction of sp³-hybridized carbons (Fsp3) is 1.00. The highest BCUT2D eigenvalue weighted by atomic mass is 15.2. The summed E-state index contributed by atoms with van der Waals surface area (Å²) in [5.41, 5.74) is 1.30. The van der Waals surface area contributed by atoms with Gasteiger partial charge in [0.25, 0.3) is 0 Å². The molecule has 1 fully saturated rings. The second-order valence-electron chi connectivity index (χ2n) is 11.6. The summed E-state index contributed by atoms with van der Waals surface area (Å²) < 4.78 is 0. The number of rotatable bonds is 6. The van der Waals surface area contributed by atoms with Crippen LogP contribution in [0.15, 0.2) is 0 Å². The van der Waals surface area contributed by atoms with Gasteiger partial charge in [0.05, 0.1) is 0 Å². The molecule has 1 aliphatic heterocycles. The van der Waals surface area contributed by atoms with E-state index < -0.39 is 0 Å². The van der Waals surface area contributed by atoms with Crippen molar-refractivity contribution in [3.63, 3.8) is 0 Å². The second-order valence-corrected chi connectivity index (χ2v) is 11.6. The van der Waals surface area contributed by atoms with Gasteiger partial charge in [0.15, 0.2) is 0 Å². The molecule has 0 aliphatic carbocycles. The van der Waals surface area contributed by atoms with Gasteiger partial charge >= 0.3 is 0 Å². The van der Waals surface area contributed by atoms with Crippen LogP contribution in [0.4, 0.5) is 0 Å². The molecule has 0 bridgehead atoms. The molecule has 1 rings (SSSR count). The average Bonchev–Trinajstić information content (AvgIpc) is 2.57. The summed E-state index contributed by atoms with van der Waals surface area (Å²) in [7, 11) is 0. The van der Waals surface area contributed by atoms with Gasteiger partial charge in [-0.15, -0.1) is 0 Å². The summed E-state index contributed by atoms with van der Waals surface area (Å²) in [6.07, 6.45) is 6.95. The third-order valence-corrected chi connectivity index (χ3v) is 5.43. The Bertz CT molecular complexity index is 337. The van der Waals surface area contributed by atoms with Gasteiger partial charge in [-0.3, -0.25) is 4.90 Å². The van der Waals surface area contributed by atoms with Crippen LogP contribution in [0.25, 0.3) is 0 Å². The Morgan fingerprint density at radius 1 is 0.957 bits per heavy atom. The summed E-state index contributed by atoms with van der Waals surface area (Å²) in [6.45, 7) is 25.3. The topological polar surface area (TPSA) is 3.24 Å². The quantitative estimate of drug-likeness (QED) is 0.521. The van der Waals surface area contributed by atoms with Gasteiger partial charge in [-0.25, -0.2) is 0 Å². The molecule has 0 spiro atoms. The molecule has 0 aromatic carbocycles. The first-order valence-corrected chi connectivity index (χ1v) is 9.96. The molecule has 1 atom stereocenters. The zero-order chi connectivity index (χ0) is 18.1. The van der Waals surface area contributed by atoms with Crippen molar-refractivity contribution in [2.75, 3.05) is 6.54 Å². The van der Waals surface area contributed by atoms with Crippen molar-refractivity contribution in [2.45, 2.75) is 113 Å². The van der Waals surface area contributed by atoms with E-state index in [0.29, 0.717) is 22.4 Å². The van der Waals surface area contributed by atoms with Crippen molar-refractivity contribution in [1.82, 2.24) is 4.90 Å². The molecule has 1 saturated heterocycles. The van der Waals surface area contributed by atoms with Crippen LogP contribution in [-0.2, 0) is 0 Å². The van der Waals surface area contributed by atoms with Crippen molar-refractivity contribution in [3.8, 4) is 0 Å². The van der Waals surface area contributed by atoms with Crippen molar-refractivity contribution in [1.29, 1.82) is 0 Å². The van der Waals surface area contributed by atoms with Gasteiger partial charge in [0.2, 0.25) is 0 Å². The van der Waals surface area contributed by atoms with E-state index in [1.165, 1.54) is 38.6 Å². The molecule has 0 saturated carbocycles. The molecule has 0 aromatic rings. The molecule has 23 heavy (non-hydrogen) atoms. The van der Waals surface area contributed by atoms with Crippen LogP contribution in [0.2, 0.25) is 0 Å². The van der Waals surface area contributed by atoms with Gasteiger partial charge in [0.1, 0.15) is 0 Å². The fourth-order valence-electron chi connectivity index (χ4n) is 5.00. The highest BCUT2D eigenvalue weighted by molar-refractivity contribution is 4.94. The molecule has 1 heteroatoms. The first kappa shape index (κ1) is 21.0. The van der Waals surface area contributed by atoms with E-state index in [4.69, 9.17) is 0 Å². The number of hydrogen-bond donors (Lipinski definition) is 0. The summed E-state index contributed by atoms with van der Waals surface area (Å²) >= 11 is 0. The highest BCUT2D eigenvalue weighted by Crippen LogP contribution is 2.40. The Morgan fingerprint density at radius 3 is 1.78 bits per heavy atom. The van der Waals surface area contributed by atoms with Gasteiger partial charge in [0, 0.05) is 18.1 Å². The Morgan fingerprint density at radius 2 is 1.43 bits per heavy atom. The van der Waals surface area contributed by atoms with Crippen molar-refractivity contribution in [2.24, 2.45) is 22.7 Å². The van der Waals surface area contributed by atoms with Crippen molar-refractivity contribution >= 4 is 0 Å². The largest absolute Gasteiger partial charge is 0.296 e. The van der Waals surface area contributed by atoms with Crippen LogP contribution in [0.5, 0.6) is 0 Å². The van der Waals surface area contributed by atoms with Crippen molar-refractivity contribution in [3.05, 3.63) is 0 Å². The lowest BCUT2D eigenvalue weighted by atomic mass is 9.74. The van der Waals surface area contributed by atoms with Gasteiger partial charge in [-0.05, 0) is 76.0 Å². The first-order chi connectivity index (χ1) is 10.2. The predicted molar refractivity (Wildman–Crippen MR) is 105 cm³/mol. The molecule has 138 valence electrons. The summed E-state index contributed by atoms with van der Waals surface area (Å²) in [6, 6.07) is 0.676. The zero-order valence-electron chi connectivity index (χ0n) is 17.9. The molecule has 1 heterocycles. The van der Waals surface area contributed by atoms with E-state index in [1.807, 2.05) is 0 Å². The van der Waals surface area contributed by atoms with Crippen molar-refractivity contribution < 1.29 is 0 Å². The minimum atomic E-state index is 0.391. The van der Waals surface area contributed by atoms with E-state index in [-0.39, 0.29) is 0 Å². The first-order valence-electron chi connectivity index (χ1n) is 9.96. The van der Waals surface area contributed by atoms with Crippen LogP contribution in [-0.4, -0.2) is 23.0 Å². The van der Waals surface area contributed by atoms with E-state index in [9.17, 15) is 0 Å². The maximum Gasteiger partial charge on any atom is 0.0159 e. The highest BCUT2D eigenvalue weighted by Gasteiger charge is 2.39. The smallest absolute Gasteiger partial charge is 0.0159 e. The maximum absolute atomic E-state index is 2.72. The van der Waals surface area contributed by atoms with Crippen LogP contribution < -0.4 is 0 Å². The van der Waals surface area contributed by atoms with E-state index in [0.717, 1.165) is 11.8 Å². The van der Waals surface area contributed by atoms with Gasteiger partial charge in [-0.1, -0.05) is 48.0 Å². The fourth-order valence-corrected chi connectivity index (χ4v) is 5.00. The van der Waals surface area contributed by atoms with Crippen LogP contribution >= 0.6 is 0 Å². The molecule has 0 radical (unpaired) electrons. The summed E-state index contributed by atoms with van der Waals surface area (Å²) in [5, 5.41) is 0. The molecular formula is C22H45N. The third-order valence-electron chi connectivity index (χ3n) is 5.43. The zero-order valence-corrected chi connectivity index (χ0v) is 17.9. The van der Waals surface area contributed by atoms with E-state index in [1.54, 1.807) is 0 Å². The standard InChI is InChI=1S/C22H45N/c1-17(2)23-16-19(15-22(23,9)10)12-11-18(13-20(3,4)5)14-21(6,7)8/h17-19H,11-16H2,1-10H3. The van der Waals surface area contributed by atoms with E-state index >= 15 is 0 Å². The molecule has 1 aliphatic rings. The van der Waals surface area contributed by atoms with Gasteiger partial charge in [-0.2, -0.15) is 0 Å². The third kappa shape index (κ3) is 7.59. The maximum atomic E-state index is 2.72. The monoisotopic (exact) mass is 323 g/mol. The van der Waals surface area contributed by atoms with Gasteiger partial charge < -0.3 is 0 Å². The predicted octanol–water partition coefficient (Wildman–Crippen LogP) is 6.76. The summed E-state index contributed by atoms with van der Waals surface area (Å²) in [4.78, 5) is 2.72. The molecule has 0 amide bonds. The Labute approximate surface area is 147 Å². The van der Waals surface area contributed by atoms with E-state index in [2.05, 4.69) is 74.1 Å². The number of nitrogens with zero attached hydrogens (tertiary/aromatic N) is 1. The lowest BCUT2D eigenvalue weighted by Gasteiger charge is -2.34. The molecule has 1 nitrogen and oxygen atoms in total. The molecule has 0 N–H and O–H groups in total. The Balaban J connectivity index is 2.61. The Kier molecular flexibility index (Phi) is 6.81. The SMILES string of the molecule is CC(C)N1CC(CCC(CC(C)(C)C)CC(C)(C)C)CC1(C)C. The Hall–Kier alpha value is -0.0400. The second kappa shape index (κ2) is 7.46. The van der Waals surface area contributed by atoms with Crippen LogP contribution in [0.3, 0.4) is 0 Å². The summed E-state index contributed by atoms with van der Waals surface area (Å²) in [5.74, 6) is 1.78. The van der Waals surface area contributed by atoms with Crippen LogP contribution in [0, 0.1) is 22.7 Å². The molecule has 1 unspecified atom stereocenters. The normalized spacial score (nSPS) is 23.2. The lowest BCUT2D eigenvalue weighted by molar-refractivity contribution is 0.133. The number of likely N-dealkylation sites (tertiary alicyclic amines) is 1.